The molecule has 0 aliphatic rings. The smallest absolute Gasteiger partial charge is 0.390 e. The topological polar surface area (TPSA) is 77.4 Å². The summed E-state index contributed by atoms with van der Waals surface area (Å²) in [6.45, 7) is 3.75. The molecule has 0 saturated heterocycles. The number of alkyl halides is 3. The number of nitrogens with zero attached hydrogens (tertiary/aromatic N) is 2. The summed E-state index contributed by atoms with van der Waals surface area (Å²) in [4.78, 5) is 16.7. The van der Waals surface area contributed by atoms with E-state index in [4.69, 9.17) is 9.47 Å². The molecule has 2 N–H and O–H groups in total. The minimum Gasteiger partial charge on any atom is -0.497 e. The van der Waals surface area contributed by atoms with Crippen molar-refractivity contribution in [2.75, 3.05) is 25.5 Å². The number of carbonyl (C=O) groups excluding carboxylic acids is 1. The predicted octanol–water partition coefficient (Wildman–Crippen LogP) is 6.39. The van der Waals surface area contributed by atoms with Crippen LogP contribution >= 0.6 is 0 Å². The second-order valence-corrected chi connectivity index (χ2v) is 8.50. The van der Waals surface area contributed by atoms with Crippen molar-refractivity contribution in [3.63, 3.8) is 0 Å². The fourth-order valence-corrected chi connectivity index (χ4v) is 3.96. The number of fused-ring (bicyclic) bond motifs is 1. The largest absolute Gasteiger partial charge is 0.497 e. The van der Waals surface area contributed by atoms with Crippen molar-refractivity contribution in [2.45, 2.75) is 26.4 Å². The number of methoxy groups -OCH3 is 1. The van der Waals surface area contributed by atoms with Crippen LogP contribution in [0.4, 0.5) is 23.2 Å². The van der Waals surface area contributed by atoms with Crippen LogP contribution in [-0.4, -0.2) is 41.8 Å². The summed E-state index contributed by atoms with van der Waals surface area (Å²) in [7, 11) is 1.41. The molecule has 3 aromatic carbocycles. The number of amides is 1. The van der Waals surface area contributed by atoms with E-state index in [9.17, 15) is 22.4 Å². The Morgan fingerprint density at radius 3 is 2.53 bits per heavy atom. The molecule has 200 valence electrons. The van der Waals surface area contributed by atoms with Gasteiger partial charge in [-0.15, -0.1) is 0 Å². The molecule has 0 aliphatic heterocycles. The van der Waals surface area contributed by atoms with Crippen molar-refractivity contribution in [2.24, 2.45) is 0 Å². The molecule has 11 heteroatoms. The number of aryl methyl sites for hydroxylation is 1. The maximum atomic E-state index is 14.6. The molecule has 0 saturated carbocycles. The molecule has 0 radical (unpaired) electrons. The number of hydrogen-bond acceptors (Lipinski definition) is 5. The zero-order valence-corrected chi connectivity index (χ0v) is 20.9. The molecule has 0 bridgehead atoms. The second-order valence-electron chi connectivity index (χ2n) is 8.50. The van der Waals surface area contributed by atoms with Crippen LogP contribution < -0.4 is 20.1 Å². The van der Waals surface area contributed by atoms with E-state index in [1.165, 1.54) is 37.7 Å². The first kappa shape index (κ1) is 26.8. The van der Waals surface area contributed by atoms with Crippen LogP contribution in [0.25, 0.3) is 16.7 Å². The van der Waals surface area contributed by atoms with Gasteiger partial charge in [-0.3, -0.25) is 9.36 Å². The summed E-state index contributed by atoms with van der Waals surface area (Å²) in [5.41, 5.74) is 3.13. The summed E-state index contributed by atoms with van der Waals surface area (Å²) < 4.78 is 65.4. The highest BCUT2D eigenvalue weighted by Gasteiger charge is 2.26. The van der Waals surface area contributed by atoms with Crippen LogP contribution in [0.2, 0.25) is 0 Å². The molecular weight excluding hydrogens is 504 g/mol. The van der Waals surface area contributed by atoms with Crippen molar-refractivity contribution >= 4 is 22.6 Å². The number of hydrogen-bond donors (Lipinski definition) is 2. The number of halogens is 4. The summed E-state index contributed by atoms with van der Waals surface area (Å²) >= 11 is 0. The monoisotopic (exact) mass is 530 g/mol. The number of rotatable bonds is 9. The molecule has 4 rings (SSSR count). The van der Waals surface area contributed by atoms with Crippen molar-refractivity contribution in [1.82, 2.24) is 14.9 Å². The minimum absolute atomic E-state index is 0.0837. The summed E-state index contributed by atoms with van der Waals surface area (Å²) in [6, 6.07) is 12.4. The van der Waals surface area contributed by atoms with Crippen molar-refractivity contribution in [3.05, 3.63) is 71.8 Å². The van der Waals surface area contributed by atoms with Gasteiger partial charge < -0.3 is 20.1 Å². The lowest BCUT2D eigenvalue weighted by Crippen LogP contribution is -2.23. The Balaban J connectivity index is 1.76. The number of nitrogens with one attached hydrogen (secondary N) is 2. The highest BCUT2D eigenvalue weighted by atomic mass is 19.4. The van der Waals surface area contributed by atoms with Gasteiger partial charge in [0, 0.05) is 42.5 Å². The number of ether oxygens (including phenoxy) is 2. The third-order valence-electron chi connectivity index (χ3n) is 5.79. The Hall–Kier alpha value is -4.28. The third-order valence-corrected chi connectivity index (χ3v) is 5.79. The predicted molar refractivity (Wildman–Crippen MR) is 136 cm³/mol. The van der Waals surface area contributed by atoms with E-state index < -0.39 is 18.4 Å². The zero-order valence-electron chi connectivity index (χ0n) is 20.9. The number of imidazole rings is 1. The molecule has 0 unspecified atom stereocenters. The van der Waals surface area contributed by atoms with E-state index in [1.54, 1.807) is 35.8 Å². The van der Waals surface area contributed by atoms with Crippen LogP contribution in [0.1, 0.15) is 29.3 Å². The van der Waals surface area contributed by atoms with Crippen molar-refractivity contribution in [1.29, 1.82) is 0 Å². The van der Waals surface area contributed by atoms with E-state index in [-0.39, 0.29) is 24.0 Å². The van der Waals surface area contributed by atoms with Gasteiger partial charge in [0.1, 0.15) is 23.3 Å². The molecule has 0 aliphatic carbocycles. The SMILES string of the molecule is CCNC(=O)c1ccc(-n2cnc3c(NCCC(F)(F)F)cc(Oc4ccc(OC)cc4F)cc32)cc1C. The van der Waals surface area contributed by atoms with E-state index in [0.29, 0.717) is 40.3 Å². The molecule has 0 spiro atoms. The number of aromatic nitrogens is 2. The Kier molecular flexibility index (Phi) is 7.75. The molecule has 1 amide bonds. The Labute approximate surface area is 216 Å². The summed E-state index contributed by atoms with van der Waals surface area (Å²) in [6.07, 6.45) is -3.86. The molecule has 4 aromatic rings. The highest BCUT2D eigenvalue weighted by molar-refractivity contribution is 5.96. The quantitative estimate of drug-likeness (QED) is 0.245. The van der Waals surface area contributed by atoms with E-state index >= 15 is 0 Å². The number of benzene rings is 3. The second kappa shape index (κ2) is 11.0. The van der Waals surface area contributed by atoms with Gasteiger partial charge in [-0.25, -0.2) is 9.37 Å². The molecular formula is C27H26F4N4O3. The maximum absolute atomic E-state index is 14.6. The normalized spacial score (nSPS) is 11.4. The van der Waals surface area contributed by atoms with Crippen LogP contribution in [0.5, 0.6) is 17.2 Å². The van der Waals surface area contributed by atoms with Crippen LogP contribution in [0, 0.1) is 12.7 Å². The van der Waals surface area contributed by atoms with E-state index in [0.717, 1.165) is 5.56 Å². The summed E-state index contributed by atoms with van der Waals surface area (Å²) in [5, 5.41) is 5.54. The fraction of sp³-hybridized carbons (Fsp3) is 0.259. The lowest BCUT2D eigenvalue weighted by Gasteiger charge is -2.14. The lowest BCUT2D eigenvalue weighted by molar-refractivity contribution is -0.131. The zero-order chi connectivity index (χ0) is 27.4. The van der Waals surface area contributed by atoms with E-state index in [2.05, 4.69) is 15.6 Å². The average molecular weight is 531 g/mol. The third kappa shape index (κ3) is 5.99. The van der Waals surface area contributed by atoms with Crippen molar-refractivity contribution < 1.29 is 31.8 Å². The Morgan fingerprint density at radius 2 is 1.87 bits per heavy atom. The standard InChI is InChI=1S/C27H26F4N4O3/c1-4-32-26(36)20-7-5-17(11-16(20)2)35-15-34-25-22(33-10-9-27(29,30)31)13-19(14-23(25)35)38-24-8-6-18(37-3)12-21(24)28/h5-8,11-15,33H,4,9-10H2,1-3H3,(H,32,36). The maximum Gasteiger partial charge on any atom is 0.390 e. The molecule has 0 fully saturated rings. The Morgan fingerprint density at radius 1 is 1.08 bits per heavy atom. The van der Waals surface area contributed by atoms with E-state index in [1.807, 2.05) is 6.92 Å². The minimum atomic E-state index is -4.34. The van der Waals surface area contributed by atoms with Gasteiger partial charge in [0.05, 0.1) is 24.7 Å². The van der Waals surface area contributed by atoms with Crippen molar-refractivity contribution in [3.8, 4) is 22.9 Å². The summed E-state index contributed by atoms with van der Waals surface area (Å²) in [5.74, 6) is -0.445. The van der Waals surface area contributed by atoms with Crippen LogP contribution in [0.3, 0.4) is 0 Å². The van der Waals surface area contributed by atoms with Gasteiger partial charge in [0.15, 0.2) is 11.6 Å². The van der Waals surface area contributed by atoms with Crippen LogP contribution in [-0.2, 0) is 0 Å². The highest BCUT2D eigenvalue weighted by Crippen LogP contribution is 2.35. The van der Waals surface area contributed by atoms with Crippen LogP contribution in [0.15, 0.2) is 54.9 Å². The Bertz CT molecular complexity index is 1470. The molecule has 7 nitrogen and oxygen atoms in total. The molecule has 0 atom stereocenters. The molecule has 1 aromatic heterocycles. The number of anilines is 1. The molecule has 1 heterocycles. The first-order valence-electron chi connectivity index (χ1n) is 11.8. The average Bonchev–Trinajstić information content (AvgIpc) is 3.28. The van der Waals surface area contributed by atoms with Gasteiger partial charge in [0.2, 0.25) is 0 Å². The first-order chi connectivity index (χ1) is 18.1. The molecule has 38 heavy (non-hydrogen) atoms. The van der Waals surface area contributed by atoms with Gasteiger partial charge in [-0.1, -0.05) is 0 Å². The van der Waals surface area contributed by atoms with Gasteiger partial charge in [-0.2, -0.15) is 13.2 Å². The van der Waals surface area contributed by atoms with Gasteiger partial charge >= 0.3 is 6.18 Å². The first-order valence-corrected chi connectivity index (χ1v) is 11.8. The van der Waals surface area contributed by atoms with Gasteiger partial charge in [0.25, 0.3) is 5.91 Å². The lowest BCUT2D eigenvalue weighted by atomic mass is 10.1. The number of carbonyl (C=O) groups is 1. The van der Waals surface area contributed by atoms with Gasteiger partial charge in [-0.05, 0) is 49.7 Å². The fourth-order valence-electron chi connectivity index (χ4n) is 3.96.